The summed E-state index contributed by atoms with van der Waals surface area (Å²) in [6, 6.07) is 26.0. The molecule has 168 valence electrons. The van der Waals surface area contributed by atoms with E-state index in [9.17, 15) is 9.18 Å². The molecule has 2 amide bonds. The van der Waals surface area contributed by atoms with Crippen LogP contribution < -0.4 is 5.32 Å². The van der Waals surface area contributed by atoms with Gasteiger partial charge in [-0.05, 0) is 53.9 Å². The fourth-order valence-electron chi connectivity index (χ4n) is 3.69. The highest BCUT2D eigenvalue weighted by atomic mass is 35.5. The number of anilines is 1. The van der Waals surface area contributed by atoms with Crippen LogP contribution in [-0.4, -0.2) is 15.5 Å². The maximum atomic E-state index is 13.5. The van der Waals surface area contributed by atoms with Gasteiger partial charge in [-0.25, -0.2) is 9.18 Å². The number of amides is 2. The van der Waals surface area contributed by atoms with Gasteiger partial charge in [0, 0.05) is 30.7 Å². The first-order chi connectivity index (χ1) is 16.0. The molecule has 4 rings (SSSR count). The largest absolute Gasteiger partial charge is 0.345 e. The lowest BCUT2D eigenvalue weighted by Gasteiger charge is -2.24. The maximum Gasteiger partial charge on any atom is 0.322 e. The van der Waals surface area contributed by atoms with Crippen molar-refractivity contribution in [3.05, 3.63) is 124 Å². The number of rotatable bonds is 7. The minimum atomic E-state index is -0.523. The fraction of sp³-hybridized carbons (Fsp3) is 0.148. The summed E-state index contributed by atoms with van der Waals surface area (Å²) in [6.07, 6.45) is 2.03. The molecule has 0 aliphatic rings. The molecule has 0 spiro atoms. The van der Waals surface area contributed by atoms with E-state index in [4.69, 9.17) is 11.6 Å². The molecule has 0 bridgehead atoms. The molecule has 0 atom stereocenters. The van der Waals surface area contributed by atoms with Gasteiger partial charge in [0.05, 0.1) is 11.6 Å². The Morgan fingerprint density at radius 1 is 0.970 bits per heavy atom. The van der Waals surface area contributed by atoms with E-state index in [1.54, 1.807) is 4.90 Å². The van der Waals surface area contributed by atoms with Crippen LogP contribution in [0.15, 0.2) is 91.1 Å². The smallest absolute Gasteiger partial charge is 0.322 e. The number of aryl methyl sites for hydroxylation is 1. The molecule has 33 heavy (non-hydrogen) atoms. The predicted octanol–water partition coefficient (Wildman–Crippen LogP) is 6.87. The summed E-state index contributed by atoms with van der Waals surface area (Å²) in [6.45, 7) is 3.66. The van der Waals surface area contributed by atoms with E-state index in [1.165, 1.54) is 29.3 Å². The van der Waals surface area contributed by atoms with Crippen LogP contribution in [0.2, 0.25) is 5.02 Å². The molecule has 0 aliphatic heterocycles. The second-order valence-corrected chi connectivity index (χ2v) is 8.36. The number of hydrogen-bond acceptors (Lipinski definition) is 1. The maximum absolute atomic E-state index is 13.5. The zero-order chi connectivity index (χ0) is 23.2. The van der Waals surface area contributed by atoms with Gasteiger partial charge in [0.15, 0.2) is 0 Å². The lowest BCUT2D eigenvalue weighted by molar-refractivity contribution is 0.205. The number of halogens is 2. The van der Waals surface area contributed by atoms with Gasteiger partial charge in [0.1, 0.15) is 5.82 Å². The third-order valence-electron chi connectivity index (χ3n) is 5.55. The molecule has 0 saturated carbocycles. The molecule has 0 saturated heterocycles. The number of benzene rings is 3. The summed E-state index contributed by atoms with van der Waals surface area (Å²) in [7, 11) is 0. The Balaban J connectivity index is 1.56. The van der Waals surface area contributed by atoms with Gasteiger partial charge in [-0.15, -0.1) is 0 Å². The number of nitrogens with one attached hydrogen (secondary N) is 1. The Labute approximate surface area is 198 Å². The highest BCUT2D eigenvalue weighted by Gasteiger charge is 2.17. The Morgan fingerprint density at radius 3 is 2.48 bits per heavy atom. The fourth-order valence-corrected chi connectivity index (χ4v) is 3.87. The minimum Gasteiger partial charge on any atom is -0.345 e. The Morgan fingerprint density at radius 2 is 1.73 bits per heavy atom. The predicted molar refractivity (Wildman–Crippen MR) is 131 cm³/mol. The van der Waals surface area contributed by atoms with Crippen LogP contribution in [0.3, 0.4) is 0 Å². The summed E-state index contributed by atoms with van der Waals surface area (Å²) in [5, 5.41) is 2.81. The molecular formula is C27H25ClFN3O. The second kappa shape index (κ2) is 10.4. The van der Waals surface area contributed by atoms with E-state index in [0.717, 1.165) is 17.8 Å². The van der Waals surface area contributed by atoms with Crippen molar-refractivity contribution >= 4 is 23.3 Å². The molecule has 1 aromatic heterocycles. The average Bonchev–Trinajstić information content (AvgIpc) is 3.24. The highest BCUT2D eigenvalue weighted by Crippen LogP contribution is 2.21. The average molecular weight is 462 g/mol. The van der Waals surface area contributed by atoms with Crippen LogP contribution in [0, 0.1) is 12.7 Å². The molecular weight excluding hydrogens is 437 g/mol. The van der Waals surface area contributed by atoms with E-state index in [1.807, 2.05) is 60.8 Å². The van der Waals surface area contributed by atoms with E-state index in [2.05, 4.69) is 28.9 Å². The van der Waals surface area contributed by atoms with Crippen LogP contribution >= 0.6 is 11.6 Å². The second-order valence-electron chi connectivity index (χ2n) is 7.95. The van der Waals surface area contributed by atoms with Crippen LogP contribution in [0.25, 0.3) is 0 Å². The number of hydrogen-bond donors (Lipinski definition) is 1. The van der Waals surface area contributed by atoms with Crippen molar-refractivity contribution in [2.24, 2.45) is 0 Å². The third kappa shape index (κ3) is 5.82. The van der Waals surface area contributed by atoms with Gasteiger partial charge < -0.3 is 14.8 Å². The summed E-state index contributed by atoms with van der Waals surface area (Å²) >= 11 is 5.89. The summed E-state index contributed by atoms with van der Waals surface area (Å²) < 4.78 is 15.7. The molecule has 0 fully saturated rings. The molecule has 1 heterocycles. The van der Waals surface area contributed by atoms with Gasteiger partial charge >= 0.3 is 6.03 Å². The van der Waals surface area contributed by atoms with Gasteiger partial charge in [0.2, 0.25) is 0 Å². The van der Waals surface area contributed by atoms with Crippen molar-refractivity contribution in [3.63, 3.8) is 0 Å². The Bertz CT molecular complexity index is 1240. The Kier molecular flexibility index (Phi) is 7.10. The van der Waals surface area contributed by atoms with Crippen molar-refractivity contribution in [1.29, 1.82) is 0 Å². The molecule has 3 aromatic carbocycles. The van der Waals surface area contributed by atoms with Crippen molar-refractivity contribution < 1.29 is 9.18 Å². The molecule has 0 radical (unpaired) electrons. The molecule has 4 aromatic rings. The first kappa shape index (κ1) is 22.6. The number of carbonyl (C=O) groups excluding carboxylic acids is 1. The summed E-state index contributed by atoms with van der Waals surface area (Å²) in [5.74, 6) is -0.523. The summed E-state index contributed by atoms with van der Waals surface area (Å²) in [4.78, 5) is 15.0. The van der Waals surface area contributed by atoms with Crippen molar-refractivity contribution in [2.45, 2.75) is 26.6 Å². The van der Waals surface area contributed by atoms with Gasteiger partial charge in [0.25, 0.3) is 0 Å². The van der Waals surface area contributed by atoms with Crippen LogP contribution in [0.5, 0.6) is 0 Å². The molecule has 6 heteroatoms. The molecule has 1 N–H and O–H groups in total. The van der Waals surface area contributed by atoms with E-state index < -0.39 is 5.82 Å². The SMILES string of the molecule is Cc1ccccc1Cn1cccc1CN(Cc1ccccc1)C(=O)Nc1ccc(F)c(Cl)c1. The zero-order valence-corrected chi connectivity index (χ0v) is 19.1. The van der Waals surface area contributed by atoms with Gasteiger partial charge in [-0.1, -0.05) is 66.2 Å². The first-order valence-electron chi connectivity index (χ1n) is 10.7. The highest BCUT2D eigenvalue weighted by molar-refractivity contribution is 6.31. The zero-order valence-electron chi connectivity index (χ0n) is 18.3. The minimum absolute atomic E-state index is 0.0329. The van der Waals surface area contributed by atoms with Crippen LogP contribution in [0.4, 0.5) is 14.9 Å². The summed E-state index contributed by atoms with van der Waals surface area (Å²) in [5.41, 5.74) is 4.93. The third-order valence-corrected chi connectivity index (χ3v) is 5.84. The molecule has 0 aliphatic carbocycles. The van der Waals surface area contributed by atoms with E-state index >= 15 is 0 Å². The molecule has 4 nitrogen and oxygen atoms in total. The monoisotopic (exact) mass is 461 g/mol. The molecule has 0 unspecified atom stereocenters. The topological polar surface area (TPSA) is 37.3 Å². The number of nitrogens with zero attached hydrogens (tertiary/aromatic N) is 2. The normalized spacial score (nSPS) is 10.8. The van der Waals surface area contributed by atoms with Crippen LogP contribution in [0.1, 0.15) is 22.4 Å². The van der Waals surface area contributed by atoms with E-state index in [0.29, 0.717) is 18.8 Å². The lowest BCUT2D eigenvalue weighted by atomic mass is 10.1. The van der Waals surface area contributed by atoms with Crippen molar-refractivity contribution in [2.75, 3.05) is 5.32 Å². The number of urea groups is 1. The van der Waals surface area contributed by atoms with Gasteiger partial charge in [-0.3, -0.25) is 0 Å². The lowest BCUT2D eigenvalue weighted by Crippen LogP contribution is -2.34. The van der Waals surface area contributed by atoms with Crippen molar-refractivity contribution in [3.8, 4) is 0 Å². The van der Waals surface area contributed by atoms with Gasteiger partial charge in [-0.2, -0.15) is 0 Å². The standard InChI is InChI=1S/C27H25ClFN3O/c1-20-8-5-6-11-22(20)18-31-15-7-12-24(31)19-32(17-21-9-3-2-4-10-21)27(33)30-23-13-14-26(29)25(28)16-23/h2-16H,17-19H2,1H3,(H,30,33). The Hall–Kier alpha value is -3.57. The van der Waals surface area contributed by atoms with Crippen LogP contribution in [-0.2, 0) is 19.6 Å². The quantitative estimate of drug-likeness (QED) is 0.320. The van der Waals surface area contributed by atoms with E-state index in [-0.39, 0.29) is 11.1 Å². The van der Waals surface area contributed by atoms with Crippen molar-refractivity contribution in [1.82, 2.24) is 9.47 Å². The number of carbonyl (C=O) groups is 1. The first-order valence-corrected chi connectivity index (χ1v) is 11.1. The number of aromatic nitrogens is 1.